The van der Waals surface area contributed by atoms with Crippen molar-refractivity contribution < 1.29 is 9.26 Å². The van der Waals surface area contributed by atoms with Crippen LogP contribution in [0.25, 0.3) is 11.3 Å². The summed E-state index contributed by atoms with van der Waals surface area (Å²) in [6.07, 6.45) is 2.05. The summed E-state index contributed by atoms with van der Waals surface area (Å²) in [5, 5.41) is 4.66. The van der Waals surface area contributed by atoms with E-state index in [1.807, 2.05) is 12.1 Å². The van der Waals surface area contributed by atoms with Gasteiger partial charge < -0.3 is 15.0 Å². The van der Waals surface area contributed by atoms with E-state index in [0.717, 1.165) is 36.6 Å². The lowest BCUT2D eigenvalue weighted by molar-refractivity contribution is 0.0853. The minimum atomic E-state index is 0.305. The fourth-order valence-corrected chi connectivity index (χ4v) is 2.79. The van der Waals surface area contributed by atoms with Crippen LogP contribution < -0.4 is 5.73 Å². The Kier molecular flexibility index (Phi) is 3.44. The molecule has 1 aliphatic rings. The molecule has 5 heteroatoms. The van der Waals surface area contributed by atoms with Crippen LogP contribution in [0.4, 0.5) is 5.88 Å². The Hall–Kier alpha value is -1.52. The van der Waals surface area contributed by atoms with Gasteiger partial charge in [-0.15, -0.1) is 0 Å². The van der Waals surface area contributed by atoms with E-state index in [-0.39, 0.29) is 0 Å². The van der Waals surface area contributed by atoms with Gasteiger partial charge in [-0.1, -0.05) is 28.9 Å². The summed E-state index contributed by atoms with van der Waals surface area (Å²) in [4.78, 5) is 0. The van der Waals surface area contributed by atoms with Crippen molar-refractivity contribution in [2.75, 3.05) is 18.9 Å². The van der Waals surface area contributed by atoms with E-state index in [9.17, 15) is 0 Å². The highest BCUT2D eigenvalue weighted by molar-refractivity contribution is 6.31. The molecule has 0 aliphatic carbocycles. The summed E-state index contributed by atoms with van der Waals surface area (Å²) >= 11 is 6.39. The molecule has 1 aromatic heterocycles. The van der Waals surface area contributed by atoms with E-state index in [2.05, 4.69) is 11.2 Å². The second-order valence-electron chi connectivity index (χ2n) is 4.74. The van der Waals surface area contributed by atoms with Gasteiger partial charge in [-0.25, -0.2) is 0 Å². The smallest absolute Gasteiger partial charge is 0.222 e. The molecule has 0 radical (unpaired) electrons. The van der Waals surface area contributed by atoms with Crippen LogP contribution in [0.2, 0.25) is 5.02 Å². The van der Waals surface area contributed by atoms with Crippen LogP contribution in [0.3, 0.4) is 0 Å². The number of rotatable bonds is 2. The van der Waals surface area contributed by atoms with Crippen molar-refractivity contribution in [2.45, 2.75) is 18.8 Å². The van der Waals surface area contributed by atoms with E-state index in [4.69, 9.17) is 26.6 Å². The number of benzene rings is 1. The van der Waals surface area contributed by atoms with E-state index in [0.29, 0.717) is 17.5 Å². The van der Waals surface area contributed by atoms with E-state index in [1.165, 1.54) is 5.56 Å². The van der Waals surface area contributed by atoms with Crippen molar-refractivity contribution in [1.29, 1.82) is 0 Å². The number of nitrogen functional groups attached to an aromatic ring is 1. The van der Waals surface area contributed by atoms with Crippen molar-refractivity contribution in [3.63, 3.8) is 0 Å². The van der Waals surface area contributed by atoms with E-state index < -0.39 is 0 Å². The molecule has 0 unspecified atom stereocenters. The molecule has 100 valence electrons. The molecule has 2 aromatic rings. The van der Waals surface area contributed by atoms with Crippen LogP contribution in [-0.2, 0) is 4.74 Å². The molecule has 0 atom stereocenters. The topological polar surface area (TPSA) is 61.3 Å². The zero-order valence-electron chi connectivity index (χ0n) is 10.4. The average Bonchev–Trinajstić information content (AvgIpc) is 2.86. The summed E-state index contributed by atoms with van der Waals surface area (Å²) in [6, 6.07) is 7.69. The Bertz CT molecular complexity index is 577. The van der Waals surface area contributed by atoms with Crippen molar-refractivity contribution in [2.24, 2.45) is 0 Å². The second kappa shape index (κ2) is 5.23. The number of nitrogens with zero attached hydrogens (tertiary/aromatic N) is 1. The number of halogens is 1. The van der Waals surface area contributed by atoms with Gasteiger partial charge in [0.05, 0.1) is 0 Å². The Morgan fingerprint density at radius 2 is 2.00 bits per heavy atom. The van der Waals surface area contributed by atoms with Gasteiger partial charge in [-0.05, 0) is 30.4 Å². The van der Waals surface area contributed by atoms with Crippen LogP contribution >= 0.6 is 11.6 Å². The average molecular weight is 279 g/mol. The Morgan fingerprint density at radius 3 is 2.63 bits per heavy atom. The maximum Gasteiger partial charge on any atom is 0.222 e. The lowest BCUT2D eigenvalue weighted by Gasteiger charge is -2.23. The lowest BCUT2D eigenvalue weighted by Crippen LogP contribution is -2.14. The molecular formula is C14H15ClN2O2. The van der Waals surface area contributed by atoms with Crippen molar-refractivity contribution in [1.82, 2.24) is 5.16 Å². The number of anilines is 1. The van der Waals surface area contributed by atoms with Gasteiger partial charge in [-0.3, -0.25) is 0 Å². The van der Waals surface area contributed by atoms with Crippen LogP contribution in [0.5, 0.6) is 0 Å². The van der Waals surface area contributed by atoms with Crippen LogP contribution in [0, 0.1) is 0 Å². The van der Waals surface area contributed by atoms with Gasteiger partial charge in [0.1, 0.15) is 5.69 Å². The predicted molar refractivity (Wildman–Crippen MR) is 74.2 cm³/mol. The standard InChI is InChI=1S/C14H15ClN2O2/c15-12-7-10(13-8-14(16)19-17-13)1-2-11(12)9-3-5-18-6-4-9/h1-2,7-9H,3-6,16H2. The van der Waals surface area contributed by atoms with Crippen LogP contribution in [-0.4, -0.2) is 18.4 Å². The molecule has 1 aromatic carbocycles. The van der Waals surface area contributed by atoms with Gasteiger partial charge in [0.15, 0.2) is 0 Å². The normalized spacial score (nSPS) is 16.7. The highest BCUT2D eigenvalue weighted by Crippen LogP contribution is 2.34. The Balaban J connectivity index is 1.89. The van der Waals surface area contributed by atoms with Gasteiger partial charge in [-0.2, -0.15) is 0 Å². The molecule has 0 spiro atoms. The summed E-state index contributed by atoms with van der Waals surface area (Å²) in [7, 11) is 0. The molecule has 1 fully saturated rings. The number of hydrogen-bond acceptors (Lipinski definition) is 4. The molecule has 1 aliphatic heterocycles. The highest BCUT2D eigenvalue weighted by Gasteiger charge is 2.19. The molecule has 0 amide bonds. The van der Waals surface area contributed by atoms with Gasteiger partial charge in [0, 0.05) is 29.9 Å². The zero-order valence-corrected chi connectivity index (χ0v) is 11.2. The summed E-state index contributed by atoms with van der Waals surface area (Å²) in [6.45, 7) is 1.62. The predicted octanol–water partition coefficient (Wildman–Crippen LogP) is 3.47. The molecule has 1 saturated heterocycles. The minimum Gasteiger partial charge on any atom is -0.381 e. The molecular weight excluding hydrogens is 264 g/mol. The SMILES string of the molecule is Nc1cc(-c2ccc(C3CCOCC3)c(Cl)c2)no1. The van der Waals surface area contributed by atoms with Crippen molar-refractivity contribution >= 4 is 17.5 Å². The first-order valence-corrected chi connectivity index (χ1v) is 6.71. The maximum atomic E-state index is 6.39. The highest BCUT2D eigenvalue weighted by atomic mass is 35.5. The summed E-state index contributed by atoms with van der Waals surface area (Å²) in [5.41, 5.74) is 8.33. The molecule has 2 N–H and O–H groups in total. The first kappa shape index (κ1) is 12.5. The third kappa shape index (κ3) is 2.60. The maximum absolute atomic E-state index is 6.39. The van der Waals surface area contributed by atoms with Crippen LogP contribution in [0.1, 0.15) is 24.3 Å². The largest absolute Gasteiger partial charge is 0.381 e. The summed E-state index contributed by atoms with van der Waals surface area (Å²) in [5.74, 6) is 0.789. The third-order valence-electron chi connectivity index (χ3n) is 3.49. The minimum absolute atomic E-state index is 0.305. The fourth-order valence-electron chi connectivity index (χ4n) is 2.45. The third-order valence-corrected chi connectivity index (χ3v) is 3.81. The fraction of sp³-hybridized carbons (Fsp3) is 0.357. The molecule has 0 saturated carbocycles. The van der Waals surface area contributed by atoms with Crippen molar-refractivity contribution in [3.8, 4) is 11.3 Å². The number of aromatic nitrogens is 1. The summed E-state index contributed by atoms with van der Waals surface area (Å²) < 4.78 is 10.3. The second-order valence-corrected chi connectivity index (χ2v) is 5.14. The number of nitrogens with two attached hydrogens (primary N) is 1. The molecule has 19 heavy (non-hydrogen) atoms. The van der Waals surface area contributed by atoms with Crippen LogP contribution in [0.15, 0.2) is 28.8 Å². The first-order chi connectivity index (χ1) is 9.24. The van der Waals surface area contributed by atoms with E-state index >= 15 is 0 Å². The molecule has 0 bridgehead atoms. The first-order valence-electron chi connectivity index (χ1n) is 6.34. The number of ether oxygens (including phenoxy) is 1. The lowest BCUT2D eigenvalue weighted by atomic mass is 9.91. The zero-order chi connectivity index (χ0) is 13.2. The van der Waals surface area contributed by atoms with Gasteiger partial charge in [0.25, 0.3) is 0 Å². The Morgan fingerprint density at radius 1 is 1.21 bits per heavy atom. The van der Waals surface area contributed by atoms with Crippen molar-refractivity contribution in [3.05, 3.63) is 34.9 Å². The molecule has 3 rings (SSSR count). The molecule has 4 nitrogen and oxygen atoms in total. The number of hydrogen-bond donors (Lipinski definition) is 1. The van der Waals surface area contributed by atoms with E-state index in [1.54, 1.807) is 6.07 Å². The van der Waals surface area contributed by atoms with Gasteiger partial charge in [0.2, 0.25) is 5.88 Å². The Labute approximate surface area is 116 Å². The molecule has 2 heterocycles. The quantitative estimate of drug-likeness (QED) is 0.914. The monoisotopic (exact) mass is 278 g/mol. The van der Waals surface area contributed by atoms with Gasteiger partial charge >= 0.3 is 0 Å².